The predicted molar refractivity (Wildman–Crippen MR) is 133 cm³/mol. The topological polar surface area (TPSA) is 49.9 Å². The van der Waals surface area contributed by atoms with E-state index in [2.05, 4.69) is 19.1 Å². The Morgan fingerprint density at radius 1 is 0.909 bits per heavy atom. The minimum absolute atomic E-state index is 0.0201. The van der Waals surface area contributed by atoms with Gasteiger partial charge in [0.2, 0.25) is 5.91 Å². The van der Waals surface area contributed by atoms with Gasteiger partial charge in [-0.1, -0.05) is 56.3 Å². The molecule has 0 saturated carbocycles. The zero-order valence-electron chi connectivity index (χ0n) is 19.8. The summed E-state index contributed by atoms with van der Waals surface area (Å²) < 4.78 is 5.39. The van der Waals surface area contributed by atoms with E-state index in [1.54, 1.807) is 35.5 Å². The summed E-state index contributed by atoms with van der Waals surface area (Å²) in [6.07, 6.45) is 0. The summed E-state index contributed by atoms with van der Waals surface area (Å²) in [5.41, 5.74) is 1.53. The van der Waals surface area contributed by atoms with E-state index < -0.39 is 0 Å². The highest BCUT2D eigenvalue weighted by atomic mass is 32.1. The quantitative estimate of drug-likeness (QED) is 0.404. The lowest BCUT2D eigenvalue weighted by atomic mass is 10.1. The van der Waals surface area contributed by atoms with Crippen LogP contribution in [0, 0.1) is 12.8 Å². The average Bonchev–Trinajstić information content (AvgIpc) is 3.22. The fourth-order valence-electron chi connectivity index (χ4n) is 3.71. The van der Waals surface area contributed by atoms with E-state index >= 15 is 0 Å². The van der Waals surface area contributed by atoms with Crippen molar-refractivity contribution in [1.82, 2.24) is 9.80 Å². The number of hydrogen-bond donors (Lipinski definition) is 0. The number of carbonyl (C=O) groups excluding carboxylic acids is 2. The van der Waals surface area contributed by atoms with E-state index in [1.807, 2.05) is 61.2 Å². The van der Waals surface area contributed by atoms with Gasteiger partial charge in [-0.05, 0) is 42.7 Å². The summed E-state index contributed by atoms with van der Waals surface area (Å²) in [6, 6.07) is 21.3. The van der Waals surface area contributed by atoms with Gasteiger partial charge in [0.25, 0.3) is 5.91 Å². The van der Waals surface area contributed by atoms with Crippen LogP contribution in [0.2, 0.25) is 0 Å². The fraction of sp³-hybridized carbons (Fsp3) is 0.333. The Balaban J connectivity index is 1.84. The third kappa shape index (κ3) is 6.93. The first-order valence-electron chi connectivity index (χ1n) is 11.2. The molecule has 0 spiro atoms. The molecule has 0 unspecified atom stereocenters. The number of hydrogen-bond acceptors (Lipinski definition) is 4. The first-order valence-corrected chi connectivity index (χ1v) is 12.0. The number of nitrogens with zero attached hydrogens (tertiary/aromatic N) is 2. The highest BCUT2D eigenvalue weighted by molar-refractivity contribution is 7.11. The van der Waals surface area contributed by atoms with Gasteiger partial charge in [-0.25, -0.2) is 0 Å². The van der Waals surface area contributed by atoms with Crippen molar-refractivity contribution in [2.75, 3.05) is 20.2 Å². The molecule has 5 nitrogen and oxygen atoms in total. The number of aryl methyl sites for hydroxylation is 1. The molecule has 33 heavy (non-hydrogen) atoms. The summed E-state index contributed by atoms with van der Waals surface area (Å²) in [4.78, 5) is 32.8. The minimum atomic E-state index is -0.193. The van der Waals surface area contributed by atoms with Crippen molar-refractivity contribution < 1.29 is 14.3 Å². The summed E-state index contributed by atoms with van der Waals surface area (Å²) in [6.45, 7) is 7.67. The van der Waals surface area contributed by atoms with Gasteiger partial charge in [0.15, 0.2) is 0 Å². The lowest BCUT2D eigenvalue weighted by molar-refractivity contribution is -0.133. The third-order valence-corrected chi connectivity index (χ3v) is 6.23. The molecule has 0 aliphatic rings. The van der Waals surface area contributed by atoms with Crippen molar-refractivity contribution in [3.63, 3.8) is 0 Å². The van der Waals surface area contributed by atoms with Gasteiger partial charge in [0.05, 0.1) is 19.2 Å². The van der Waals surface area contributed by atoms with Crippen molar-refractivity contribution >= 4 is 23.2 Å². The van der Waals surface area contributed by atoms with Crippen LogP contribution in [0.15, 0.2) is 66.7 Å². The number of methoxy groups -OCH3 is 1. The molecule has 2 amide bonds. The van der Waals surface area contributed by atoms with Crippen molar-refractivity contribution in [2.24, 2.45) is 5.92 Å². The maximum absolute atomic E-state index is 13.5. The molecule has 0 atom stereocenters. The maximum atomic E-state index is 13.5. The molecule has 3 aromatic rings. The SMILES string of the molecule is COc1ccccc1C(=O)N(CC(=O)N(Cc1ccccc1)Cc1ccc(C)s1)CC(C)C. The van der Waals surface area contributed by atoms with Crippen molar-refractivity contribution in [2.45, 2.75) is 33.9 Å². The Morgan fingerprint density at radius 2 is 1.61 bits per heavy atom. The van der Waals surface area contributed by atoms with E-state index in [0.717, 1.165) is 10.4 Å². The molecule has 0 N–H and O–H groups in total. The normalized spacial score (nSPS) is 10.8. The Labute approximate surface area is 200 Å². The monoisotopic (exact) mass is 464 g/mol. The molecule has 0 fully saturated rings. The van der Waals surface area contributed by atoms with Gasteiger partial charge >= 0.3 is 0 Å². The van der Waals surface area contributed by atoms with Gasteiger partial charge in [0, 0.05) is 22.8 Å². The third-order valence-electron chi connectivity index (χ3n) is 5.25. The maximum Gasteiger partial charge on any atom is 0.258 e. The number of para-hydroxylation sites is 1. The smallest absolute Gasteiger partial charge is 0.258 e. The van der Waals surface area contributed by atoms with Crippen LogP contribution in [0.3, 0.4) is 0 Å². The van der Waals surface area contributed by atoms with Crippen LogP contribution in [-0.2, 0) is 17.9 Å². The molecule has 0 radical (unpaired) electrons. The number of rotatable bonds is 10. The first-order chi connectivity index (χ1) is 15.9. The highest BCUT2D eigenvalue weighted by Crippen LogP contribution is 2.22. The van der Waals surface area contributed by atoms with Crippen LogP contribution in [0.4, 0.5) is 0 Å². The van der Waals surface area contributed by atoms with Gasteiger partial charge in [-0.15, -0.1) is 11.3 Å². The minimum Gasteiger partial charge on any atom is -0.496 e. The molecule has 0 saturated heterocycles. The zero-order valence-corrected chi connectivity index (χ0v) is 20.6. The molecule has 1 heterocycles. The van der Waals surface area contributed by atoms with Gasteiger partial charge < -0.3 is 14.5 Å². The van der Waals surface area contributed by atoms with Crippen LogP contribution < -0.4 is 4.74 Å². The second kappa shape index (κ2) is 11.7. The highest BCUT2D eigenvalue weighted by Gasteiger charge is 2.25. The van der Waals surface area contributed by atoms with E-state index in [4.69, 9.17) is 4.74 Å². The molecule has 0 bridgehead atoms. The summed E-state index contributed by atoms with van der Waals surface area (Å²) in [5, 5.41) is 0. The first kappa shape index (κ1) is 24.5. The molecule has 3 rings (SSSR count). The van der Waals surface area contributed by atoms with Crippen molar-refractivity contribution in [1.29, 1.82) is 0 Å². The number of thiophene rings is 1. The zero-order chi connectivity index (χ0) is 23.8. The van der Waals surface area contributed by atoms with E-state index in [1.165, 1.54) is 4.88 Å². The second-order valence-corrected chi connectivity index (χ2v) is 9.90. The second-order valence-electron chi connectivity index (χ2n) is 8.53. The van der Waals surface area contributed by atoms with Crippen LogP contribution in [-0.4, -0.2) is 41.8 Å². The lowest BCUT2D eigenvalue weighted by Gasteiger charge is -2.29. The average molecular weight is 465 g/mol. The van der Waals surface area contributed by atoms with E-state index in [0.29, 0.717) is 30.9 Å². The molecule has 0 aliphatic carbocycles. The van der Waals surface area contributed by atoms with Crippen molar-refractivity contribution in [3.05, 3.63) is 87.6 Å². The Kier molecular flexibility index (Phi) is 8.66. The molecular weight excluding hydrogens is 432 g/mol. The van der Waals surface area contributed by atoms with Gasteiger partial charge in [-0.3, -0.25) is 9.59 Å². The Morgan fingerprint density at radius 3 is 2.24 bits per heavy atom. The van der Waals surface area contributed by atoms with Crippen molar-refractivity contribution in [3.8, 4) is 5.75 Å². The van der Waals surface area contributed by atoms with Crippen LogP contribution in [0.25, 0.3) is 0 Å². The standard InChI is InChI=1S/C27H32N2O3S/c1-20(2)16-29(27(31)24-12-8-9-13-25(24)32-4)19-26(30)28(17-22-10-6-5-7-11-22)18-23-15-14-21(3)33-23/h5-15,20H,16-19H2,1-4H3. The molecule has 174 valence electrons. The van der Waals surface area contributed by atoms with E-state index in [9.17, 15) is 9.59 Å². The lowest BCUT2D eigenvalue weighted by Crippen LogP contribution is -2.44. The predicted octanol–water partition coefficient (Wildman–Crippen LogP) is 5.39. The van der Waals surface area contributed by atoms with Crippen LogP contribution >= 0.6 is 11.3 Å². The fourth-order valence-corrected chi connectivity index (χ4v) is 4.62. The summed E-state index contributed by atoms with van der Waals surface area (Å²) >= 11 is 1.69. The molecule has 0 aliphatic heterocycles. The summed E-state index contributed by atoms with van der Waals surface area (Å²) in [5.74, 6) is 0.466. The van der Waals surface area contributed by atoms with Crippen LogP contribution in [0.1, 0.15) is 39.5 Å². The number of ether oxygens (including phenoxy) is 1. The Bertz CT molecular complexity index is 1060. The largest absolute Gasteiger partial charge is 0.496 e. The molecule has 2 aromatic carbocycles. The number of benzene rings is 2. The number of amides is 2. The Hall–Kier alpha value is -3.12. The molecular formula is C27H32N2O3S. The molecule has 1 aromatic heterocycles. The molecule has 6 heteroatoms. The number of carbonyl (C=O) groups is 2. The van der Waals surface area contributed by atoms with Crippen LogP contribution in [0.5, 0.6) is 5.75 Å². The summed E-state index contributed by atoms with van der Waals surface area (Å²) in [7, 11) is 1.55. The van der Waals surface area contributed by atoms with E-state index in [-0.39, 0.29) is 24.3 Å². The van der Waals surface area contributed by atoms with Gasteiger partial charge in [0.1, 0.15) is 12.3 Å². The van der Waals surface area contributed by atoms with Gasteiger partial charge in [-0.2, -0.15) is 0 Å².